The third-order valence-corrected chi connectivity index (χ3v) is 2.99. The summed E-state index contributed by atoms with van der Waals surface area (Å²) in [6.07, 6.45) is 4.56. The SMILES string of the molecule is CC(Cl)C(=O)NCCCC1CCOCC1. The van der Waals surface area contributed by atoms with Crippen molar-refractivity contribution in [3.63, 3.8) is 0 Å². The molecule has 0 aromatic rings. The molecule has 1 aliphatic heterocycles. The van der Waals surface area contributed by atoms with Crippen LogP contribution in [0, 0.1) is 5.92 Å². The Morgan fingerprint density at radius 1 is 1.53 bits per heavy atom. The molecule has 88 valence electrons. The van der Waals surface area contributed by atoms with Crippen LogP contribution in [0.15, 0.2) is 0 Å². The Kier molecular flexibility index (Phi) is 6.03. The molecular formula is C11H20ClNO2. The quantitative estimate of drug-likeness (QED) is 0.582. The first-order valence-corrected chi connectivity index (χ1v) is 6.13. The Bertz CT molecular complexity index is 191. The lowest BCUT2D eigenvalue weighted by Gasteiger charge is -2.21. The van der Waals surface area contributed by atoms with Crippen LogP contribution in [0.2, 0.25) is 0 Å². The molecule has 0 spiro atoms. The Balaban J connectivity index is 1.98. The van der Waals surface area contributed by atoms with Gasteiger partial charge in [0.15, 0.2) is 0 Å². The standard InChI is InChI=1S/C11H20ClNO2/c1-9(12)11(14)13-6-2-3-10-4-7-15-8-5-10/h9-10H,2-8H2,1H3,(H,13,14). The number of ether oxygens (including phenoxy) is 1. The van der Waals surface area contributed by atoms with Crippen LogP contribution in [0.1, 0.15) is 32.6 Å². The number of amides is 1. The van der Waals surface area contributed by atoms with Gasteiger partial charge in [-0.2, -0.15) is 0 Å². The van der Waals surface area contributed by atoms with Crippen molar-refractivity contribution in [2.24, 2.45) is 5.92 Å². The molecule has 3 nitrogen and oxygen atoms in total. The molecule has 1 rings (SSSR count). The third kappa shape index (κ3) is 5.38. The van der Waals surface area contributed by atoms with E-state index in [4.69, 9.17) is 16.3 Å². The highest BCUT2D eigenvalue weighted by molar-refractivity contribution is 6.30. The molecule has 0 bridgehead atoms. The average molecular weight is 234 g/mol. The molecule has 0 radical (unpaired) electrons. The van der Waals surface area contributed by atoms with Gasteiger partial charge in [0.05, 0.1) is 0 Å². The van der Waals surface area contributed by atoms with Gasteiger partial charge in [-0.15, -0.1) is 11.6 Å². The smallest absolute Gasteiger partial charge is 0.237 e. The number of carbonyl (C=O) groups excluding carboxylic acids is 1. The van der Waals surface area contributed by atoms with Crippen LogP contribution >= 0.6 is 11.6 Å². The molecule has 1 unspecified atom stereocenters. The van der Waals surface area contributed by atoms with Gasteiger partial charge in [0.1, 0.15) is 5.38 Å². The average Bonchev–Trinajstić information content (AvgIpc) is 2.25. The number of hydrogen-bond donors (Lipinski definition) is 1. The summed E-state index contributed by atoms with van der Waals surface area (Å²) < 4.78 is 5.29. The zero-order chi connectivity index (χ0) is 11.1. The van der Waals surface area contributed by atoms with E-state index in [9.17, 15) is 4.79 Å². The molecule has 1 N–H and O–H groups in total. The van der Waals surface area contributed by atoms with Gasteiger partial charge in [-0.25, -0.2) is 0 Å². The lowest BCUT2D eigenvalue weighted by molar-refractivity contribution is -0.120. The molecule has 4 heteroatoms. The first-order chi connectivity index (χ1) is 7.20. The molecule has 0 aliphatic carbocycles. The second-order valence-corrected chi connectivity index (χ2v) is 4.76. The van der Waals surface area contributed by atoms with Crippen molar-refractivity contribution in [1.29, 1.82) is 0 Å². The molecule has 1 fully saturated rings. The highest BCUT2D eigenvalue weighted by Gasteiger charge is 2.13. The maximum absolute atomic E-state index is 11.1. The molecule has 0 aromatic heterocycles. The van der Waals surface area contributed by atoms with E-state index < -0.39 is 5.38 Å². The molecule has 1 atom stereocenters. The Morgan fingerprint density at radius 3 is 2.80 bits per heavy atom. The van der Waals surface area contributed by atoms with Crippen LogP contribution in [0.5, 0.6) is 0 Å². The van der Waals surface area contributed by atoms with E-state index in [1.54, 1.807) is 6.92 Å². The van der Waals surface area contributed by atoms with Crippen molar-refractivity contribution >= 4 is 17.5 Å². The largest absolute Gasteiger partial charge is 0.381 e. The first kappa shape index (κ1) is 12.8. The molecular weight excluding hydrogens is 214 g/mol. The number of rotatable bonds is 5. The normalized spacial score (nSPS) is 19.9. The predicted octanol–water partition coefficient (Wildman–Crippen LogP) is 1.94. The molecule has 1 heterocycles. The number of halogens is 1. The summed E-state index contributed by atoms with van der Waals surface area (Å²) in [6.45, 7) is 4.23. The number of nitrogens with one attached hydrogen (secondary N) is 1. The van der Waals surface area contributed by atoms with Crippen LogP contribution in [0.4, 0.5) is 0 Å². The highest BCUT2D eigenvalue weighted by atomic mass is 35.5. The number of carbonyl (C=O) groups is 1. The second-order valence-electron chi connectivity index (χ2n) is 4.11. The van der Waals surface area contributed by atoms with Crippen LogP contribution < -0.4 is 5.32 Å². The van der Waals surface area contributed by atoms with Gasteiger partial charge in [0.25, 0.3) is 0 Å². The summed E-state index contributed by atoms with van der Waals surface area (Å²) in [5.41, 5.74) is 0. The van der Waals surface area contributed by atoms with E-state index in [0.717, 1.165) is 32.1 Å². The fourth-order valence-electron chi connectivity index (χ4n) is 1.78. The molecule has 15 heavy (non-hydrogen) atoms. The van der Waals surface area contributed by atoms with Gasteiger partial charge in [0, 0.05) is 19.8 Å². The van der Waals surface area contributed by atoms with Gasteiger partial charge in [-0.3, -0.25) is 4.79 Å². The minimum atomic E-state index is -0.423. The van der Waals surface area contributed by atoms with E-state index in [-0.39, 0.29) is 5.91 Å². The van der Waals surface area contributed by atoms with Crippen LogP contribution in [-0.2, 0) is 9.53 Å². The predicted molar refractivity (Wildman–Crippen MR) is 61.1 cm³/mol. The van der Waals surface area contributed by atoms with Crippen molar-refractivity contribution in [2.45, 2.75) is 38.0 Å². The van der Waals surface area contributed by atoms with Crippen LogP contribution in [0.25, 0.3) is 0 Å². The number of alkyl halides is 1. The van der Waals surface area contributed by atoms with Crippen molar-refractivity contribution in [3.05, 3.63) is 0 Å². The minimum Gasteiger partial charge on any atom is -0.381 e. The monoisotopic (exact) mass is 233 g/mol. The fourth-order valence-corrected chi connectivity index (χ4v) is 1.86. The van der Waals surface area contributed by atoms with E-state index >= 15 is 0 Å². The summed E-state index contributed by atoms with van der Waals surface area (Å²) in [5, 5.41) is 2.40. The lowest BCUT2D eigenvalue weighted by atomic mass is 9.95. The van der Waals surface area contributed by atoms with Crippen molar-refractivity contribution in [2.75, 3.05) is 19.8 Å². The van der Waals surface area contributed by atoms with Gasteiger partial charge < -0.3 is 10.1 Å². The molecule has 0 saturated carbocycles. The summed E-state index contributed by atoms with van der Waals surface area (Å²) >= 11 is 5.63. The van der Waals surface area contributed by atoms with E-state index in [2.05, 4.69) is 5.32 Å². The Hall–Kier alpha value is -0.280. The van der Waals surface area contributed by atoms with Crippen LogP contribution in [-0.4, -0.2) is 31.0 Å². The Morgan fingerprint density at radius 2 is 2.20 bits per heavy atom. The third-order valence-electron chi connectivity index (χ3n) is 2.79. The molecule has 1 amide bonds. The van der Waals surface area contributed by atoms with Crippen molar-refractivity contribution < 1.29 is 9.53 Å². The minimum absolute atomic E-state index is 0.0661. The summed E-state index contributed by atoms with van der Waals surface area (Å²) in [5.74, 6) is 0.715. The molecule has 1 aliphatic rings. The van der Waals surface area contributed by atoms with Crippen molar-refractivity contribution in [1.82, 2.24) is 5.32 Å². The summed E-state index contributed by atoms with van der Waals surface area (Å²) in [6, 6.07) is 0. The van der Waals surface area contributed by atoms with E-state index in [1.165, 1.54) is 19.3 Å². The topological polar surface area (TPSA) is 38.3 Å². The number of hydrogen-bond acceptors (Lipinski definition) is 2. The van der Waals surface area contributed by atoms with Gasteiger partial charge in [-0.05, 0) is 38.5 Å². The molecule has 1 saturated heterocycles. The van der Waals surface area contributed by atoms with Crippen molar-refractivity contribution in [3.8, 4) is 0 Å². The fraction of sp³-hybridized carbons (Fsp3) is 0.909. The van der Waals surface area contributed by atoms with Crippen LogP contribution in [0.3, 0.4) is 0 Å². The zero-order valence-corrected chi connectivity index (χ0v) is 10.1. The second kappa shape index (κ2) is 7.07. The van der Waals surface area contributed by atoms with E-state index in [1.807, 2.05) is 0 Å². The zero-order valence-electron chi connectivity index (χ0n) is 9.30. The van der Waals surface area contributed by atoms with Gasteiger partial charge in [-0.1, -0.05) is 0 Å². The van der Waals surface area contributed by atoms with Gasteiger partial charge in [0.2, 0.25) is 5.91 Å². The maximum atomic E-state index is 11.1. The maximum Gasteiger partial charge on any atom is 0.237 e. The van der Waals surface area contributed by atoms with Gasteiger partial charge >= 0.3 is 0 Å². The Labute approximate surface area is 96.5 Å². The first-order valence-electron chi connectivity index (χ1n) is 5.69. The summed E-state index contributed by atoms with van der Waals surface area (Å²) in [4.78, 5) is 11.1. The highest BCUT2D eigenvalue weighted by Crippen LogP contribution is 2.19. The summed E-state index contributed by atoms with van der Waals surface area (Å²) in [7, 11) is 0. The van der Waals surface area contributed by atoms with E-state index in [0.29, 0.717) is 0 Å². The lowest BCUT2D eigenvalue weighted by Crippen LogP contribution is -2.30. The molecule has 0 aromatic carbocycles.